The van der Waals surface area contributed by atoms with Crippen molar-refractivity contribution in [2.24, 2.45) is 17.1 Å². The average Bonchev–Trinajstić information content (AvgIpc) is 2.37. The quantitative estimate of drug-likeness (QED) is 0.865. The normalized spacial score (nSPS) is 20.9. The second-order valence-corrected chi connectivity index (χ2v) is 7.27. The highest BCUT2D eigenvalue weighted by molar-refractivity contribution is 5.31. The first-order valence-electron chi connectivity index (χ1n) is 7.89. The van der Waals surface area contributed by atoms with Crippen LogP contribution >= 0.6 is 0 Å². The molecule has 0 heterocycles. The molecule has 20 heavy (non-hydrogen) atoms. The Morgan fingerprint density at radius 1 is 1.20 bits per heavy atom. The molecule has 0 radical (unpaired) electrons. The second-order valence-electron chi connectivity index (χ2n) is 7.27. The molecule has 1 saturated carbocycles. The van der Waals surface area contributed by atoms with E-state index in [-0.39, 0.29) is 12.1 Å². The van der Waals surface area contributed by atoms with Gasteiger partial charge in [-0.2, -0.15) is 0 Å². The average molecular weight is 275 g/mol. The van der Waals surface area contributed by atoms with E-state index in [1.165, 1.54) is 31.2 Å². The van der Waals surface area contributed by atoms with Crippen LogP contribution in [0.4, 0.5) is 0 Å². The summed E-state index contributed by atoms with van der Waals surface area (Å²) in [5.41, 5.74) is 8.22. The first-order valence-corrected chi connectivity index (χ1v) is 7.89. The predicted molar refractivity (Wildman–Crippen MR) is 84.9 cm³/mol. The lowest BCUT2D eigenvalue weighted by Gasteiger charge is -2.37. The molecule has 112 valence electrons. The first kappa shape index (κ1) is 15.4. The number of ether oxygens (including phenoxy) is 1. The fourth-order valence-electron chi connectivity index (χ4n) is 3.12. The Kier molecular flexibility index (Phi) is 4.74. The highest BCUT2D eigenvalue weighted by atomic mass is 16.5. The minimum Gasteiger partial charge on any atom is -0.491 e. The molecule has 0 bridgehead atoms. The van der Waals surface area contributed by atoms with Gasteiger partial charge in [-0.25, -0.2) is 0 Å². The van der Waals surface area contributed by atoms with E-state index in [1.807, 2.05) is 6.07 Å². The van der Waals surface area contributed by atoms with Crippen molar-refractivity contribution in [3.63, 3.8) is 0 Å². The predicted octanol–water partition coefficient (Wildman–Crippen LogP) is 4.69. The van der Waals surface area contributed by atoms with E-state index in [2.05, 4.69) is 45.9 Å². The van der Waals surface area contributed by atoms with Crippen molar-refractivity contribution in [1.29, 1.82) is 0 Å². The minimum absolute atomic E-state index is 0.141. The number of hydrogen-bond acceptors (Lipinski definition) is 2. The van der Waals surface area contributed by atoms with Crippen molar-refractivity contribution in [2.45, 2.75) is 65.5 Å². The molecule has 1 aromatic rings. The van der Waals surface area contributed by atoms with Gasteiger partial charge in [-0.3, -0.25) is 0 Å². The molecule has 0 amide bonds. The maximum atomic E-state index is 6.50. The lowest BCUT2D eigenvalue weighted by atomic mass is 9.70. The Morgan fingerprint density at radius 3 is 2.45 bits per heavy atom. The van der Waals surface area contributed by atoms with Crippen LogP contribution in [-0.2, 0) is 0 Å². The Hall–Kier alpha value is -1.02. The highest BCUT2D eigenvalue weighted by Gasteiger charge is 2.30. The van der Waals surface area contributed by atoms with Gasteiger partial charge in [0.1, 0.15) is 5.75 Å². The third kappa shape index (κ3) is 3.99. The van der Waals surface area contributed by atoms with E-state index in [1.54, 1.807) is 0 Å². The zero-order chi connectivity index (χ0) is 14.8. The van der Waals surface area contributed by atoms with Crippen LogP contribution < -0.4 is 10.5 Å². The van der Waals surface area contributed by atoms with Crippen LogP contribution in [0.3, 0.4) is 0 Å². The summed E-state index contributed by atoms with van der Waals surface area (Å²) in [6, 6.07) is 8.46. The first-order chi connectivity index (χ1) is 9.37. The number of benzene rings is 1. The van der Waals surface area contributed by atoms with Crippen LogP contribution in [0.15, 0.2) is 24.3 Å². The molecule has 2 heteroatoms. The molecule has 1 atom stereocenters. The summed E-state index contributed by atoms with van der Waals surface area (Å²) in [6.07, 6.45) is 5.26. The van der Waals surface area contributed by atoms with Gasteiger partial charge in [-0.1, -0.05) is 26.0 Å². The number of hydrogen-bond donors (Lipinski definition) is 1. The van der Waals surface area contributed by atoms with Gasteiger partial charge in [0.15, 0.2) is 0 Å². The van der Waals surface area contributed by atoms with E-state index in [4.69, 9.17) is 10.5 Å². The zero-order valence-electron chi connectivity index (χ0n) is 13.4. The van der Waals surface area contributed by atoms with Crippen LogP contribution in [0.2, 0.25) is 0 Å². The summed E-state index contributed by atoms with van der Waals surface area (Å²) in [5.74, 6) is 1.54. The second kappa shape index (κ2) is 6.17. The van der Waals surface area contributed by atoms with Crippen molar-refractivity contribution in [1.82, 2.24) is 0 Å². The van der Waals surface area contributed by atoms with Crippen LogP contribution in [-0.4, -0.2) is 6.10 Å². The van der Waals surface area contributed by atoms with Crippen LogP contribution in [0, 0.1) is 11.3 Å². The van der Waals surface area contributed by atoms with Crippen molar-refractivity contribution >= 4 is 0 Å². The standard InChI is InChI=1S/C18H29NO/c1-13(2)20-16-7-5-6-15(12-16)17(19)14-8-10-18(3,4)11-9-14/h5-7,12-14,17H,8-11,19H2,1-4H3. The monoisotopic (exact) mass is 275 g/mol. The Labute approximate surface area is 123 Å². The molecule has 1 aliphatic rings. The summed E-state index contributed by atoms with van der Waals surface area (Å²) in [5, 5.41) is 0. The Bertz CT molecular complexity index is 429. The van der Waals surface area contributed by atoms with Gasteiger partial charge in [0.2, 0.25) is 0 Å². The molecule has 1 aromatic carbocycles. The molecule has 2 rings (SSSR count). The largest absolute Gasteiger partial charge is 0.491 e. The third-order valence-corrected chi connectivity index (χ3v) is 4.51. The van der Waals surface area contributed by atoms with Gasteiger partial charge < -0.3 is 10.5 Å². The van der Waals surface area contributed by atoms with Crippen LogP contribution in [0.25, 0.3) is 0 Å². The summed E-state index contributed by atoms with van der Waals surface area (Å²) in [4.78, 5) is 0. The molecule has 0 spiro atoms. The van der Waals surface area contributed by atoms with Crippen LogP contribution in [0.5, 0.6) is 5.75 Å². The smallest absolute Gasteiger partial charge is 0.120 e. The molecular weight excluding hydrogens is 246 g/mol. The molecular formula is C18H29NO. The van der Waals surface area contributed by atoms with Crippen molar-refractivity contribution in [2.75, 3.05) is 0 Å². The van der Waals surface area contributed by atoms with Gasteiger partial charge >= 0.3 is 0 Å². The highest BCUT2D eigenvalue weighted by Crippen LogP contribution is 2.42. The van der Waals surface area contributed by atoms with Crippen LogP contribution in [0.1, 0.15) is 65.0 Å². The summed E-state index contributed by atoms with van der Waals surface area (Å²) in [7, 11) is 0. The van der Waals surface area contributed by atoms with Gasteiger partial charge in [0.05, 0.1) is 6.10 Å². The molecule has 2 N–H and O–H groups in total. The van der Waals surface area contributed by atoms with E-state index in [9.17, 15) is 0 Å². The molecule has 1 unspecified atom stereocenters. The molecule has 0 aromatic heterocycles. The topological polar surface area (TPSA) is 35.2 Å². The summed E-state index contributed by atoms with van der Waals surface area (Å²) in [6.45, 7) is 8.84. The van der Waals surface area contributed by atoms with E-state index < -0.39 is 0 Å². The maximum absolute atomic E-state index is 6.50. The summed E-state index contributed by atoms with van der Waals surface area (Å²) >= 11 is 0. The Morgan fingerprint density at radius 2 is 1.85 bits per heavy atom. The van der Waals surface area contributed by atoms with E-state index in [0.29, 0.717) is 11.3 Å². The third-order valence-electron chi connectivity index (χ3n) is 4.51. The number of rotatable bonds is 4. The number of nitrogens with two attached hydrogens (primary N) is 1. The van der Waals surface area contributed by atoms with Gasteiger partial charge in [0.25, 0.3) is 0 Å². The van der Waals surface area contributed by atoms with Gasteiger partial charge in [-0.05, 0) is 68.6 Å². The fraction of sp³-hybridized carbons (Fsp3) is 0.667. The lowest BCUT2D eigenvalue weighted by molar-refractivity contribution is 0.173. The molecule has 0 saturated heterocycles. The van der Waals surface area contributed by atoms with Crippen molar-refractivity contribution in [3.05, 3.63) is 29.8 Å². The Balaban J connectivity index is 2.04. The SMILES string of the molecule is CC(C)Oc1cccc(C(N)C2CCC(C)(C)CC2)c1. The summed E-state index contributed by atoms with van der Waals surface area (Å²) < 4.78 is 5.77. The molecule has 1 aliphatic carbocycles. The van der Waals surface area contributed by atoms with Gasteiger partial charge in [-0.15, -0.1) is 0 Å². The molecule has 0 aliphatic heterocycles. The maximum Gasteiger partial charge on any atom is 0.120 e. The zero-order valence-corrected chi connectivity index (χ0v) is 13.4. The minimum atomic E-state index is 0.141. The lowest BCUT2D eigenvalue weighted by Crippen LogP contribution is -2.29. The van der Waals surface area contributed by atoms with Crippen molar-refractivity contribution < 1.29 is 4.74 Å². The van der Waals surface area contributed by atoms with E-state index >= 15 is 0 Å². The molecule has 1 fully saturated rings. The fourth-order valence-corrected chi connectivity index (χ4v) is 3.12. The van der Waals surface area contributed by atoms with Crippen molar-refractivity contribution in [3.8, 4) is 5.75 Å². The molecule has 2 nitrogen and oxygen atoms in total. The van der Waals surface area contributed by atoms with Gasteiger partial charge in [0, 0.05) is 6.04 Å². The van der Waals surface area contributed by atoms with E-state index in [0.717, 1.165) is 5.75 Å².